The van der Waals surface area contributed by atoms with Gasteiger partial charge in [-0.2, -0.15) is 0 Å². The maximum absolute atomic E-state index is 11.9. The molecule has 2 amide bonds. The summed E-state index contributed by atoms with van der Waals surface area (Å²) in [6, 6.07) is 15.1. The summed E-state index contributed by atoms with van der Waals surface area (Å²) in [5.74, 6) is -1.77. The largest absolute Gasteiger partial charge is 0.480 e. The van der Waals surface area contributed by atoms with Gasteiger partial charge in [0.1, 0.15) is 19.2 Å². The van der Waals surface area contributed by atoms with Gasteiger partial charge in [0, 0.05) is 10.9 Å². The summed E-state index contributed by atoms with van der Waals surface area (Å²) in [6.45, 7) is -0.298. The molecule has 27 heavy (non-hydrogen) atoms. The first-order valence-corrected chi connectivity index (χ1v) is 8.94. The first-order valence-electron chi connectivity index (χ1n) is 8.15. The first-order chi connectivity index (χ1) is 12.9. The van der Waals surface area contributed by atoms with Crippen molar-refractivity contribution in [1.82, 2.24) is 10.6 Å². The first kappa shape index (κ1) is 20.4. The number of carboxylic acids is 1. The van der Waals surface area contributed by atoms with Gasteiger partial charge in [0.15, 0.2) is 0 Å². The summed E-state index contributed by atoms with van der Waals surface area (Å²) in [4.78, 5) is 34.9. The zero-order chi connectivity index (χ0) is 19.6. The number of amides is 2. The molecule has 0 heterocycles. The third-order valence-electron chi connectivity index (χ3n) is 3.59. The van der Waals surface area contributed by atoms with Crippen molar-refractivity contribution in [1.29, 1.82) is 0 Å². The maximum Gasteiger partial charge on any atom is 0.407 e. The minimum Gasteiger partial charge on any atom is -0.480 e. The monoisotopic (exact) mass is 434 g/mol. The number of carboxylic acid groups (broad SMARTS) is 1. The summed E-state index contributed by atoms with van der Waals surface area (Å²) in [5, 5.41) is 14.0. The van der Waals surface area contributed by atoms with E-state index in [1.165, 1.54) is 0 Å². The van der Waals surface area contributed by atoms with Gasteiger partial charge in [0.05, 0.1) is 0 Å². The molecule has 2 rings (SSSR count). The maximum atomic E-state index is 11.9. The molecule has 3 N–H and O–H groups in total. The van der Waals surface area contributed by atoms with Crippen LogP contribution in [-0.2, 0) is 27.4 Å². The molecule has 0 bridgehead atoms. The normalized spacial score (nSPS) is 11.3. The van der Waals surface area contributed by atoms with Crippen LogP contribution in [0, 0.1) is 0 Å². The van der Waals surface area contributed by atoms with E-state index in [1.807, 2.05) is 18.2 Å². The zero-order valence-electron chi connectivity index (χ0n) is 14.4. The molecule has 8 heteroatoms. The Morgan fingerprint density at radius 3 is 2.30 bits per heavy atom. The van der Waals surface area contributed by atoms with Gasteiger partial charge < -0.3 is 20.5 Å². The molecule has 0 saturated carbocycles. The van der Waals surface area contributed by atoms with Crippen LogP contribution in [0.3, 0.4) is 0 Å². The highest BCUT2D eigenvalue weighted by atomic mass is 79.9. The third kappa shape index (κ3) is 7.49. The van der Waals surface area contributed by atoms with Crippen LogP contribution in [0.15, 0.2) is 59.1 Å². The van der Waals surface area contributed by atoms with Gasteiger partial charge in [-0.25, -0.2) is 9.59 Å². The Hall–Kier alpha value is -2.87. The topological polar surface area (TPSA) is 105 Å². The lowest BCUT2D eigenvalue weighted by atomic mass is 10.1. The number of nitrogens with one attached hydrogen (secondary N) is 2. The van der Waals surface area contributed by atoms with Gasteiger partial charge in [0.2, 0.25) is 5.91 Å². The van der Waals surface area contributed by atoms with Gasteiger partial charge in [-0.3, -0.25) is 4.79 Å². The lowest BCUT2D eigenvalue weighted by molar-refractivity contribution is -0.141. The number of hydrogen-bond donors (Lipinski definition) is 3. The zero-order valence-corrected chi connectivity index (χ0v) is 15.9. The lowest BCUT2D eigenvalue weighted by Gasteiger charge is -2.15. The molecule has 0 aromatic heterocycles. The molecule has 7 nitrogen and oxygen atoms in total. The number of benzene rings is 2. The Labute approximate surface area is 164 Å². The molecular formula is C19H19BrN2O5. The molecule has 0 aliphatic rings. The second-order valence-electron chi connectivity index (χ2n) is 5.70. The van der Waals surface area contributed by atoms with Crippen molar-refractivity contribution in [2.24, 2.45) is 0 Å². The van der Waals surface area contributed by atoms with Crippen molar-refractivity contribution >= 4 is 33.9 Å². The predicted molar refractivity (Wildman–Crippen MR) is 102 cm³/mol. The number of rotatable bonds is 8. The van der Waals surface area contributed by atoms with E-state index in [-0.39, 0.29) is 19.6 Å². The van der Waals surface area contributed by atoms with Crippen molar-refractivity contribution in [3.8, 4) is 0 Å². The Bertz CT molecular complexity index is 780. The van der Waals surface area contributed by atoms with Gasteiger partial charge in [0.25, 0.3) is 0 Å². The summed E-state index contributed by atoms with van der Waals surface area (Å²) < 4.78 is 5.86. The van der Waals surface area contributed by atoms with E-state index in [0.29, 0.717) is 0 Å². The van der Waals surface area contributed by atoms with E-state index in [9.17, 15) is 19.5 Å². The van der Waals surface area contributed by atoms with Crippen LogP contribution >= 0.6 is 15.9 Å². The van der Waals surface area contributed by atoms with Gasteiger partial charge in [-0.05, 0) is 23.3 Å². The van der Waals surface area contributed by atoms with Crippen LogP contribution in [0.1, 0.15) is 11.1 Å². The molecule has 142 valence electrons. The molecule has 0 unspecified atom stereocenters. The number of hydrogen-bond acceptors (Lipinski definition) is 4. The Balaban J connectivity index is 1.77. The van der Waals surface area contributed by atoms with E-state index in [2.05, 4.69) is 26.6 Å². The highest BCUT2D eigenvalue weighted by Crippen LogP contribution is 2.12. The summed E-state index contributed by atoms with van der Waals surface area (Å²) in [7, 11) is 0. The number of aliphatic carboxylic acids is 1. The van der Waals surface area contributed by atoms with E-state index in [4.69, 9.17) is 4.74 Å². The van der Waals surface area contributed by atoms with Crippen LogP contribution in [-0.4, -0.2) is 35.7 Å². The van der Waals surface area contributed by atoms with E-state index >= 15 is 0 Å². The van der Waals surface area contributed by atoms with E-state index in [1.54, 1.807) is 36.4 Å². The fourth-order valence-corrected chi connectivity index (χ4v) is 2.49. The molecule has 0 saturated heterocycles. The Morgan fingerprint density at radius 1 is 1.00 bits per heavy atom. The van der Waals surface area contributed by atoms with Crippen molar-refractivity contribution < 1.29 is 24.2 Å². The fourth-order valence-electron chi connectivity index (χ4n) is 2.23. The van der Waals surface area contributed by atoms with Crippen molar-refractivity contribution in [2.75, 3.05) is 6.54 Å². The lowest BCUT2D eigenvalue weighted by Crippen LogP contribution is -2.46. The number of carbonyl (C=O) groups excluding carboxylic acids is 2. The van der Waals surface area contributed by atoms with Crippen LogP contribution in [0.4, 0.5) is 4.79 Å². The van der Waals surface area contributed by atoms with Crippen LogP contribution in [0.5, 0.6) is 0 Å². The second kappa shape index (κ2) is 10.3. The Kier molecular flexibility index (Phi) is 7.81. The minimum absolute atomic E-state index is 0.0790. The SMILES string of the molecule is O=C(CNC(=O)OCc1ccccc1)N[C@@H](Cc1ccc(Br)cc1)C(=O)O. The highest BCUT2D eigenvalue weighted by molar-refractivity contribution is 9.10. The molecule has 2 aromatic carbocycles. The summed E-state index contributed by atoms with van der Waals surface area (Å²) in [5.41, 5.74) is 1.58. The average molecular weight is 435 g/mol. The molecule has 0 fully saturated rings. The van der Waals surface area contributed by atoms with Crippen LogP contribution < -0.4 is 10.6 Å². The van der Waals surface area contributed by atoms with Crippen LogP contribution in [0.2, 0.25) is 0 Å². The quantitative estimate of drug-likeness (QED) is 0.591. The predicted octanol–water partition coefficient (Wildman–Crippen LogP) is 2.49. The van der Waals surface area contributed by atoms with Gasteiger partial charge in [-0.15, -0.1) is 0 Å². The fraction of sp³-hybridized carbons (Fsp3) is 0.211. The minimum atomic E-state index is -1.15. The van der Waals surface area contributed by atoms with Gasteiger partial charge in [-0.1, -0.05) is 58.4 Å². The summed E-state index contributed by atoms with van der Waals surface area (Å²) >= 11 is 3.30. The molecule has 2 aromatic rings. The molecule has 1 atom stereocenters. The average Bonchev–Trinajstić information content (AvgIpc) is 2.66. The van der Waals surface area contributed by atoms with Crippen molar-refractivity contribution in [2.45, 2.75) is 19.1 Å². The summed E-state index contributed by atoms with van der Waals surface area (Å²) in [6.07, 6.45) is -0.624. The van der Waals surface area contributed by atoms with Crippen molar-refractivity contribution in [3.05, 3.63) is 70.2 Å². The third-order valence-corrected chi connectivity index (χ3v) is 4.12. The van der Waals surface area contributed by atoms with Gasteiger partial charge >= 0.3 is 12.1 Å². The number of alkyl carbamates (subject to hydrolysis) is 1. The van der Waals surface area contributed by atoms with Crippen molar-refractivity contribution in [3.63, 3.8) is 0 Å². The number of ether oxygens (including phenoxy) is 1. The molecule has 0 aliphatic carbocycles. The second-order valence-corrected chi connectivity index (χ2v) is 6.62. The molecular weight excluding hydrogens is 416 g/mol. The molecule has 0 aliphatic heterocycles. The smallest absolute Gasteiger partial charge is 0.407 e. The standard InChI is InChI=1S/C19H19BrN2O5/c20-15-8-6-13(7-9-15)10-16(18(24)25)22-17(23)11-21-19(26)27-12-14-4-2-1-3-5-14/h1-9,16H,10-12H2,(H,21,26)(H,22,23)(H,24,25)/t16-/m0/s1. The highest BCUT2D eigenvalue weighted by Gasteiger charge is 2.20. The molecule has 0 spiro atoms. The number of carbonyl (C=O) groups is 3. The molecule has 0 radical (unpaired) electrons. The van der Waals surface area contributed by atoms with E-state index < -0.39 is 24.0 Å². The Morgan fingerprint density at radius 2 is 1.67 bits per heavy atom. The number of halogens is 1. The van der Waals surface area contributed by atoms with Crippen LogP contribution in [0.25, 0.3) is 0 Å². The van der Waals surface area contributed by atoms with E-state index in [0.717, 1.165) is 15.6 Å².